The van der Waals surface area contributed by atoms with Crippen LogP contribution >= 0.6 is 11.6 Å². The lowest BCUT2D eigenvalue weighted by atomic mass is 9.82. The van der Waals surface area contributed by atoms with E-state index in [-0.39, 0.29) is 6.54 Å². The minimum absolute atomic E-state index is 0.200. The van der Waals surface area contributed by atoms with Crippen LogP contribution in [0.1, 0.15) is 11.1 Å². The summed E-state index contributed by atoms with van der Waals surface area (Å²) in [4.78, 5) is 18.8. The van der Waals surface area contributed by atoms with Crippen molar-refractivity contribution in [3.05, 3.63) is 162 Å². The Kier molecular flexibility index (Phi) is 8.43. The van der Waals surface area contributed by atoms with Gasteiger partial charge in [0.15, 0.2) is 0 Å². The first kappa shape index (κ1) is 32.2. The number of anilines is 1. The second-order valence-corrected chi connectivity index (χ2v) is 12.7. The Morgan fingerprint density at radius 3 is 1.53 bits per heavy atom. The molecule has 8 nitrogen and oxygen atoms in total. The molecule has 0 radical (unpaired) electrons. The van der Waals surface area contributed by atoms with Gasteiger partial charge in [0, 0.05) is 52.0 Å². The number of fused-ring (bicyclic) bond motifs is 2. The third-order valence-electron chi connectivity index (χ3n) is 9.41. The second kappa shape index (κ2) is 13.4. The van der Waals surface area contributed by atoms with Crippen molar-refractivity contribution in [1.29, 1.82) is 0 Å². The molecule has 0 spiro atoms. The van der Waals surface area contributed by atoms with Crippen LogP contribution in [-0.2, 0) is 5.54 Å². The first-order valence-corrected chi connectivity index (χ1v) is 16.9. The Morgan fingerprint density at radius 1 is 0.569 bits per heavy atom. The quantitative estimate of drug-likeness (QED) is 0.0711. The monoisotopic (exact) mass is 684 g/mol. The van der Waals surface area contributed by atoms with E-state index in [9.17, 15) is 0 Å². The zero-order valence-corrected chi connectivity index (χ0v) is 28.2. The van der Waals surface area contributed by atoms with E-state index in [1.807, 2.05) is 72.8 Å². The molecule has 4 heterocycles. The molecule has 1 unspecified atom stereocenters. The van der Waals surface area contributed by atoms with Gasteiger partial charge in [-0.3, -0.25) is 0 Å². The number of hydrogen-bond acceptors (Lipinski definition) is 8. The normalized spacial score (nSPS) is 12.5. The average Bonchev–Trinajstić information content (AvgIpc) is 3.20. The molecule has 7 N–H and O–H groups in total. The van der Waals surface area contributed by atoms with Crippen molar-refractivity contribution < 1.29 is 0 Å². The van der Waals surface area contributed by atoms with E-state index in [1.165, 1.54) is 0 Å². The third kappa shape index (κ3) is 5.86. The van der Waals surface area contributed by atoms with Gasteiger partial charge in [-0.05, 0) is 46.5 Å². The van der Waals surface area contributed by atoms with E-state index < -0.39 is 5.54 Å². The molecule has 0 amide bonds. The molecule has 4 aromatic carbocycles. The zero-order chi connectivity index (χ0) is 35.0. The van der Waals surface area contributed by atoms with Gasteiger partial charge in [-0.2, -0.15) is 0 Å². The Bertz CT molecular complexity index is 2510. The van der Waals surface area contributed by atoms with Crippen LogP contribution in [-0.4, -0.2) is 26.5 Å². The van der Waals surface area contributed by atoms with Gasteiger partial charge in [0.2, 0.25) is 0 Å². The molecule has 0 bridgehead atoms. The van der Waals surface area contributed by atoms with Crippen molar-refractivity contribution in [2.45, 2.75) is 5.54 Å². The highest BCUT2D eigenvalue weighted by Crippen LogP contribution is 2.38. The van der Waals surface area contributed by atoms with Crippen LogP contribution in [0.15, 0.2) is 146 Å². The highest BCUT2D eigenvalue weighted by atomic mass is 35.5. The van der Waals surface area contributed by atoms with Gasteiger partial charge < -0.3 is 16.9 Å². The van der Waals surface area contributed by atoms with Gasteiger partial charge in [-0.15, -0.1) is 0 Å². The van der Waals surface area contributed by atoms with Crippen molar-refractivity contribution >= 4 is 39.2 Å². The average molecular weight is 685 g/mol. The number of pyridine rings is 4. The standard InChI is InChI=1S/C42H33ClN8/c43-40-34-23-32(26-7-3-1-4-8-26)38(49-36(34)19-21-47-40)28-11-15-30(16-12-28)42(45,25-44)31-17-13-29(14-18-31)39-33(27-9-5-2-6-10-27)24-35-37(50-39)20-22-48-41(35)51-46/h1-24H,25,44-46H2,(H,48,51). The Labute approximate surface area is 300 Å². The van der Waals surface area contributed by atoms with Crippen LogP contribution in [0.2, 0.25) is 5.15 Å². The molecular formula is C42H33ClN8. The zero-order valence-electron chi connectivity index (χ0n) is 27.5. The summed E-state index contributed by atoms with van der Waals surface area (Å²) in [7, 11) is 0. The molecule has 4 aromatic heterocycles. The van der Waals surface area contributed by atoms with E-state index in [0.29, 0.717) is 11.0 Å². The summed E-state index contributed by atoms with van der Waals surface area (Å²) in [6.07, 6.45) is 3.37. The molecule has 0 saturated heterocycles. The summed E-state index contributed by atoms with van der Waals surface area (Å²) in [6, 6.07) is 44.5. The maximum Gasteiger partial charge on any atom is 0.149 e. The van der Waals surface area contributed by atoms with Gasteiger partial charge >= 0.3 is 0 Å². The minimum Gasteiger partial charge on any atom is -0.328 e. The Hall–Kier alpha value is -6.03. The topological polar surface area (TPSA) is 142 Å². The minimum atomic E-state index is -0.943. The molecular weight excluding hydrogens is 652 g/mol. The lowest BCUT2D eigenvalue weighted by Gasteiger charge is -2.30. The van der Waals surface area contributed by atoms with Gasteiger partial charge in [0.25, 0.3) is 0 Å². The maximum absolute atomic E-state index is 7.15. The number of benzene rings is 4. The van der Waals surface area contributed by atoms with Crippen LogP contribution in [0.4, 0.5) is 5.82 Å². The molecule has 51 heavy (non-hydrogen) atoms. The van der Waals surface area contributed by atoms with Crippen molar-refractivity contribution in [3.63, 3.8) is 0 Å². The van der Waals surface area contributed by atoms with Gasteiger partial charge in [-0.1, -0.05) is 121 Å². The largest absolute Gasteiger partial charge is 0.328 e. The predicted molar refractivity (Wildman–Crippen MR) is 208 cm³/mol. The van der Waals surface area contributed by atoms with E-state index >= 15 is 0 Å². The maximum atomic E-state index is 7.15. The van der Waals surface area contributed by atoms with Crippen molar-refractivity contribution in [3.8, 4) is 44.8 Å². The van der Waals surface area contributed by atoms with E-state index in [1.54, 1.807) is 12.4 Å². The second-order valence-electron chi connectivity index (χ2n) is 12.4. The molecule has 1 atom stereocenters. The van der Waals surface area contributed by atoms with Crippen LogP contribution in [0.5, 0.6) is 0 Å². The van der Waals surface area contributed by atoms with Crippen LogP contribution in [0.3, 0.4) is 0 Å². The molecule has 0 aliphatic rings. The molecule has 8 rings (SSSR count). The number of aromatic nitrogens is 4. The number of nitrogens with zero attached hydrogens (tertiary/aromatic N) is 4. The molecule has 248 valence electrons. The fourth-order valence-electron chi connectivity index (χ4n) is 6.64. The fraction of sp³-hybridized carbons (Fsp3) is 0.0476. The smallest absolute Gasteiger partial charge is 0.149 e. The number of nitrogens with two attached hydrogens (primary N) is 3. The number of hydrazine groups is 1. The Morgan fingerprint density at radius 2 is 1.04 bits per heavy atom. The molecule has 9 heteroatoms. The summed E-state index contributed by atoms with van der Waals surface area (Å²) >= 11 is 6.49. The lowest BCUT2D eigenvalue weighted by Crippen LogP contribution is -2.45. The lowest BCUT2D eigenvalue weighted by molar-refractivity contribution is 0.552. The summed E-state index contributed by atoms with van der Waals surface area (Å²) in [5.41, 5.74) is 26.2. The first-order chi connectivity index (χ1) is 25.0. The van der Waals surface area contributed by atoms with Gasteiger partial charge in [0.05, 0.1) is 28.0 Å². The Balaban J connectivity index is 1.17. The summed E-state index contributed by atoms with van der Waals surface area (Å²) < 4.78 is 0. The summed E-state index contributed by atoms with van der Waals surface area (Å²) in [5, 5.41) is 2.06. The van der Waals surface area contributed by atoms with Crippen LogP contribution in [0, 0.1) is 0 Å². The van der Waals surface area contributed by atoms with Crippen LogP contribution in [0.25, 0.3) is 66.6 Å². The first-order valence-electron chi connectivity index (χ1n) is 16.5. The molecule has 0 fully saturated rings. The molecule has 0 aliphatic carbocycles. The third-order valence-corrected chi connectivity index (χ3v) is 9.71. The van der Waals surface area contributed by atoms with Crippen molar-refractivity contribution in [1.82, 2.24) is 19.9 Å². The molecule has 8 aromatic rings. The summed E-state index contributed by atoms with van der Waals surface area (Å²) in [6.45, 7) is 0.200. The number of nitrogen functional groups attached to an aromatic ring is 1. The van der Waals surface area contributed by atoms with Crippen LogP contribution < -0.4 is 22.7 Å². The number of halogens is 1. The highest BCUT2D eigenvalue weighted by molar-refractivity contribution is 6.34. The van der Waals surface area contributed by atoms with E-state index in [2.05, 4.69) is 76.1 Å². The van der Waals surface area contributed by atoms with Gasteiger partial charge in [-0.25, -0.2) is 25.8 Å². The van der Waals surface area contributed by atoms with E-state index in [4.69, 9.17) is 38.9 Å². The number of nitrogens with one attached hydrogen (secondary N) is 1. The molecule has 0 aliphatic heterocycles. The van der Waals surface area contributed by atoms with E-state index in [0.717, 1.165) is 77.7 Å². The number of rotatable bonds is 8. The SMILES string of the molecule is NCC(N)(c1ccc(-c2nc3ccnc(Cl)c3cc2-c2ccccc2)cc1)c1ccc(-c2nc3ccnc(NN)c3cc2-c2ccccc2)cc1. The predicted octanol–water partition coefficient (Wildman–Crippen LogP) is 8.34. The van der Waals surface area contributed by atoms with Crippen molar-refractivity contribution in [2.75, 3.05) is 12.0 Å². The highest BCUT2D eigenvalue weighted by Gasteiger charge is 2.29. The van der Waals surface area contributed by atoms with Crippen molar-refractivity contribution in [2.24, 2.45) is 17.3 Å². The fourth-order valence-corrected chi connectivity index (χ4v) is 6.85. The van der Waals surface area contributed by atoms with Gasteiger partial charge in [0.1, 0.15) is 11.0 Å². The number of hydrogen-bond donors (Lipinski definition) is 4. The summed E-state index contributed by atoms with van der Waals surface area (Å²) in [5.74, 6) is 6.36. The molecule has 0 saturated carbocycles.